The van der Waals surface area contributed by atoms with Gasteiger partial charge in [0.15, 0.2) is 0 Å². The van der Waals surface area contributed by atoms with E-state index >= 15 is 0 Å². The van der Waals surface area contributed by atoms with E-state index in [1.54, 1.807) is 19.1 Å². The molecular weight excluding hydrogens is 313 g/mol. The molecule has 0 aromatic heterocycles. The maximum atomic E-state index is 14.3. The molecule has 1 aromatic rings. The van der Waals surface area contributed by atoms with Crippen molar-refractivity contribution < 1.29 is 23.5 Å². The number of benzene rings is 1. The van der Waals surface area contributed by atoms with E-state index in [0.717, 1.165) is 0 Å². The zero-order chi connectivity index (χ0) is 17.4. The van der Waals surface area contributed by atoms with Crippen molar-refractivity contribution >= 4 is 11.9 Å². The molecule has 3 rings (SSSR count). The Morgan fingerprint density at radius 1 is 1.46 bits per heavy atom. The number of ether oxygens (including phenoxy) is 2. The average Bonchev–Trinajstić information content (AvgIpc) is 2.93. The summed E-state index contributed by atoms with van der Waals surface area (Å²) in [6.45, 7) is 3.68. The van der Waals surface area contributed by atoms with Gasteiger partial charge in [-0.05, 0) is 30.5 Å². The first-order valence-corrected chi connectivity index (χ1v) is 7.73. The number of esters is 2. The molecule has 2 heterocycles. The van der Waals surface area contributed by atoms with Gasteiger partial charge in [0.1, 0.15) is 12.4 Å². The van der Waals surface area contributed by atoms with Gasteiger partial charge in [-0.25, -0.2) is 14.0 Å². The molecule has 0 spiro atoms. The Morgan fingerprint density at radius 3 is 2.88 bits per heavy atom. The second kappa shape index (κ2) is 6.11. The summed E-state index contributed by atoms with van der Waals surface area (Å²) in [4.78, 5) is 24.6. The number of carbonyl (C=O) groups is 2. The van der Waals surface area contributed by atoms with Gasteiger partial charge in [-0.2, -0.15) is 0 Å². The molecule has 126 valence electrons. The molecule has 0 bridgehead atoms. The van der Waals surface area contributed by atoms with Gasteiger partial charge in [0, 0.05) is 5.70 Å². The van der Waals surface area contributed by atoms with Crippen LogP contribution in [0.25, 0.3) is 0 Å². The number of allylic oxidation sites excluding steroid dienone is 1. The molecule has 2 aliphatic rings. The van der Waals surface area contributed by atoms with Crippen LogP contribution in [0, 0.1) is 5.82 Å². The van der Waals surface area contributed by atoms with Gasteiger partial charge < -0.3 is 14.8 Å². The minimum atomic E-state index is -0.700. The fourth-order valence-corrected chi connectivity index (χ4v) is 3.38. The summed E-state index contributed by atoms with van der Waals surface area (Å²) >= 11 is 0. The molecule has 5 nitrogen and oxygen atoms in total. The van der Waals surface area contributed by atoms with Crippen LogP contribution in [0.1, 0.15) is 30.9 Å². The largest absolute Gasteiger partial charge is 0.466 e. The second-order valence-electron chi connectivity index (χ2n) is 5.72. The average molecular weight is 331 g/mol. The molecule has 6 heteroatoms. The van der Waals surface area contributed by atoms with Crippen molar-refractivity contribution in [2.24, 2.45) is 0 Å². The first kappa shape index (κ1) is 16.2. The molecule has 1 atom stereocenters. The topological polar surface area (TPSA) is 64.6 Å². The third kappa shape index (κ3) is 2.38. The molecule has 0 fully saturated rings. The van der Waals surface area contributed by atoms with Gasteiger partial charge in [-0.1, -0.05) is 19.1 Å². The summed E-state index contributed by atoms with van der Waals surface area (Å²) in [6, 6.07) is 4.70. The van der Waals surface area contributed by atoms with E-state index in [0.29, 0.717) is 40.1 Å². The van der Waals surface area contributed by atoms with Crippen LogP contribution in [-0.4, -0.2) is 25.7 Å². The Morgan fingerprint density at radius 2 is 2.21 bits per heavy atom. The molecule has 1 N–H and O–H groups in total. The molecule has 1 unspecified atom stereocenters. The number of cyclic esters (lactones) is 1. The third-order valence-electron chi connectivity index (χ3n) is 4.44. The summed E-state index contributed by atoms with van der Waals surface area (Å²) in [6.07, 6.45) is 0.442. The molecule has 0 radical (unpaired) electrons. The van der Waals surface area contributed by atoms with Crippen LogP contribution in [0.5, 0.6) is 0 Å². The molecule has 1 aromatic carbocycles. The third-order valence-corrected chi connectivity index (χ3v) is 4.44. The summed E-state index contributed by atoms with van der Waals surface area (Å²) in [5, 5.41) is 3.04. The predicted octanol–water partition coefficient (Wildman–Crippen LogP) is 2.33. The number of hydrogen-bond acceptors (Lipinski definition) is 5. The number of hydrogen-bond donors (Lipinski definition) is 1. The van der Waals surface area contributed by atoms with Gasteiger partial charge in [0.25, 0.3) is 0 Å². The minimum Gasteiger partial charge on any atom is -0.466 e. The van der Waals surface area contributed by atoms with E-state index in [4.69, 9.17) is 9.47 Å². The Hall–Kier alpha value is -2.63. The maximum Gasteiger partial charge on any atom is 0.337 e. The summed E-state index contributed by atoms with van der Waals surface area (Å²) in [5.41, 5.74) is 2.91. The van der Waals surface area contributed by atoms with Crippen molar-refractivity contribution in [3.05, 3.63) is 57.7 Å². The highest BCUT2D eigenvalue weighted by Gasteiger charge is 2.42. The number of methoxy groups -OCH3 is 1. The Labute approximate surface area is 139 Å². The van der Waals surface area contributed by atoms with Crippen LogP contribution in [0.4, 0.5) is 4.39 Å². The van der Waals surface area contributed by atoms with E-state index < -0.39 is 17.9 Å². The standard InChI is InChI=1S/C18H18FNO4/c1-4-10-11(6-5-7-12(10)19)15-14(17(21)23-3)9(2)20-13-8-24-18(22)16(13)15/h5-7,15,20H,4,8H2,1-3H3. The Balaban J connectivity index is 2.26. The highest BCUT2D eigenvalue weighted by atomic mass is 19.1. The van der Waals surface area contributed by atoms with Crippen molar-refractivity contribution in [3.63, 3.8) is 0 Å². The predicted molar refractivity (Wildman–Crippen MR) is 84.4 cm³/mol. The van der Waals surface area contributed by atoms with Gasteiger partial charge in [-0.3, -0.25) is 0 Å². The molecular formula is C18H18FNO4. The van der Waals surface area contributed by atoms with Crippen molar-refractivity contribution in [1.29, 1.82) is 0 Å². The van der Waals surface area contributed by atoms with Crippen molar-refractivity contribution in [2.75, 3.05) is 13.7 Å². The number of carbonyl (C=O) groups excluding carboxylic acids is 2. The Kier molecular flexibility index (Phi) is 4.13. The lowest BCUT2D eigenvalue weighted by Crippen LogP contribution is -2.30. The quantitative estimate of drug-likeness (QED) is 0.861. The van der Waals surface area contributed by atoms with Gasteiger partial charge in [0.05, 0.1) is 29.9 Å². The SMILES string of the molecule is CCc1c(F)cccc1C1C(C(=O)OC)=C(C)NC2=C1C(=O)OC2. The van der Waals surface area contributed by atoms with Crippen molar-refractivity contribution in [3.8, 4) is 0 Å². The zero-order valence-corrected chi connectivity index (χ0v) is 13.7. The lowest BCUT2D eigenvalue weighted by molar-refractivity contribution is -0.136. The van der Waals surface area contributed by atoms with Crippen molar-refractivity contribution in [1.82, 2.24) is 5.32 Å². The zero-order valence-electron chi connectivity index (χ0n) is 13.7. The van der Waals surface area contributed by atoms with Crippen LogP contribution >= 0.6 is 0 Å². The van der Waals surface area contributed by atoms with Crippen LogP contribution in [0.2, 0.25) is 0 Å². The first-order valence-electron chi connectivity index (χ1n) is 7.73. The lowest BCUT2D eigenvalue weighted by atomic mass is 9.78. The highest BCUT2D eigenvalue weighted by molar-refractivity contribution is 6.01. The molecule has 0 saturated heterocycles. The van der Waals surface area contributed by atoms with Crippen LogP contribution in [-0.2, 0) is 25.5 Å². The summed E-state index contributed by atoms with van der Waals surface area (Å²) in [7, 11) is 1.28. The number of dihydropyridines is 1. The van der Waals surface area contributed by atoms with Crippen LogP contribution < -0.4 is 5.32 Å². The number of halogens is 1. The van der Waals surface area contributed by atoms with Gasteiger partial charge in [-0.15, -0.1) is 0 Å². The van der Waals surface area contributed by atoms with Crippen LogP contribution in [0.3, 0.4) is 0 Å². The van der Waals surface area contributed by atoms with Gasteiger partial charge >= 0.3 is 11.9 Å². The number of nitrogens with one attached hydrogen (secondary N) is 1. The number of rotatable bonds is 3. The lowest BCUT2D eigenvalue weighted by Gasteiger charge is -2.28. The molecule has 0 aliphatic carbocycles. The normalized spacial score (nSPS) is 19.8. The summed E-state index contributed by atoms with van der Waals surface area (Å²) in [5.74, 6) is -2.11. The van der Waals surface area contributed by atoms with Crippen molar-refractivity contribution in [2.45, 2.75) is 26.2 Å². The second-order valence-corrected chi connectivity index (χ2v) is 5.72. The minimum absolute atomic E-state index is 0.118. The fourth-order valence-electron chi connectivity index (χ4n) is 3.38. The van der Waals surface area contributed by atoms with E-state index in [9.17, 15) is 14.0 Å². The molecule has 24 heavy (non-hydrogen) atoms. The Bertz CT molecular complexity index is 794. The molecule has 0 saturated carbocycles. The maximum absolute atomic E-state index is 14.3. The summed E-state index contributed by atoms with van der Waals surface area (Å²) < 4.78 is 24.3. The van der Waals surface area contributed by atoms with E-state index in [1.807, 2.05) is 6.92 Å². The molecule has 0 amide bonds. The smallest absolute Gasteiger partial charge is 0.337 e. The van der Waals surface area contributed by atoms with E-state index in [1.165, 1.54) is 13.2 Å². The molecule has 2 aliphatic heterocycles. The van der Waals surface area contributed by atoms with Gasteiger partial charge in [0.2, 0.25) is 0 Å². The first-order chi connectivity index (χ1) is 11.5. The van der Waals surface area contributed by atoms with E-state index in [-0.39, 0.29) is 12.4 Å². The van der Waals surface area contributed by atoms with E-state index in [2.05, 4.69) is 5.32 Å². The highest BCUT2D eigenvalue weighted by Crippen LogP contribution is 2.42. The monoisotopic (exact) mass is 331 g/mol. The van der Waals surface area contributed by atoms with Crippen LogP contribution in [0.15, 0.2) is 40.7 Å². The fraction of sp³-hybridized carbons (Fsp3) is 0.333.